The monoisotopic (exact) mass is 468 g/mol. The van der Waals surface area contributed by atoms with Gasteiger partial charge in [0.2, 0.25) is 0 Å². The van der Waals surface area contributed by atoms with Crippen LogP contribution in [0, 0.1) is 0 Å². The molecule has 1 atom stereocenters. The Morgan fingerprint density at radius 3 is 2.37 bits per heavy atom. The second-order valence-electron chi connectivity index (χ2n) is 9.95. The number of rotatable bonds is 6. The maximum atomic E-state index is 12.5. The Kier molecular flexibility index (Phi) is 6.07. The Labute approximate surface area is 206 Å². The lowest BCUT2D eigenvalue weighted by Crippen LogP contribution is -2.35. The van der Waals surface area contributed by atoms with E-state index < -0.39 is 6.09 Å². The topological polar surface area (TPSA) is 59.6 Å². The Hall–Kier alpha value is -3.47. The van der Waals surface area contributed by atoms with Crippen molar-refractivity contribution in [1.82, 2.24) is 5.32 Å². The zero-order chi connectivity index (χ0) is 23.6. The van der Waals surface area contributed by atoms with E-state index in [2.05, 4.69) is 59.2 Å². The van der Waals surface area contributed by atoms with Crippen molar-refractivity contribution in [2.75, 3.05) is 18.5 Å². The third kappa shape index (κ3) is 4.60. The Balaban J connectivity index is 1.01. The summed E-state index contributed by atoms with van der Waals surface area (Å²) in [4.78, 5) is 12.5. The minimum Gasteiger partial charge on any atom is -0.488 e. The summed E-state index contributed by atoms with van der Waals surface area (Å²) in [5.74, 6) is 0.980. The molecular weight excluding hydrogens is 436 g/mol. The molecule has 3 aromatic rings. The molecule has 5 heteroatoms. The maximum Gasteiger partial charge on any atom is 0.407 e. The third-order valence-electron chi connectivity index (χ3n) is 7.60. The second kappa shape index (κ2) is 9.65. The molecule has 1 unspecified atom stereocenters. The lowest BCUT2D eigenvalue weighted by molar-refractivity contribution is 0.136. The Bertz CT molecular complexity index is 1170. The average Bonchev–Trinajstić information content (AvgIpc) is 3.45. The van der Waals surface area contributed by atoms with Gasteiger partial charge in [0.15, 0.2) is 0 Å². The lowest BCUT2D eigenvalue weighted by atomic mass is 9.95. The van der Waals surface area contributed by atoms with E-state index in [9.17, 15) is 4.79 Å². The van der Waals surface area contributed by atoms with Crippen LogP contribution in [0.2, 0.25) is 0 Å². The van der Waals surface area contributed by atoms with Gasteiger partial charge in [0.05, 0.1) is 6.54 Å². The highest BCUT2D eigenvalue weighted by Crippen LogP contribution is 2.44. The quantitative estimate of drug-likeness (QED) is 0.447. The van der Waals surface area contributed by atoms with Gasteiger partial charge in [-0.2, -0.15) is 0 Å². The van der Waals surface area contributed by atoms with E-state index in [0.29, 0.717) is 19.2 Å². The summed E-state index contributed by atoms with van der Waals surface area (Å²) in [5, 5.41) is 6.60. The molecule has 3 aromatic carbocycles. The van der Waals surface area contributed by atoms with Crippen LogP contribution in [-0.2, 0) is 11.2 Å². The fraction of sp³-hybridized carbons (Fsp3) is 0.367. The van der Waals surface area contributed by atoms with Crippen LogP contribution in [0.25, 0.3) is 11.1 Å². The molecule has 0 spiro atoms. The molecule has 1 fully saturated rings. The summed E-state index contributed by atoms with van der Waals surface area (Å²) < 4.78 is 11.7. The molecule has 5 nitrogen and oxygen atoms in total. The molecular formula is C30H32N2O3. The Morgan fingerprint density at radius 2 is 1.63 bits per heavy atom. The molecule has 2 N–H and O–H groups in total. The molecule has 1 heterocycles. The van der Waals surface area contributed by atoms with E-state index in [1.54, 1.807) is 0 Å². The minimum absolute atomic E-state index is 0.0650. The zero-order valence-electron chi connectivity index (χ0n) is 20.0. The van der Waals surface area contributed by atoms with Gasteiger partial charge in [0.1, 0.15) is 18.5 Å². The summed E-state index contributed by atoms with van der Waals surface area (Å²) in [6.07, 6.45) is 6.81. The van der Waals surface area contributed by atoms with Gasteiger partial charge >= 0.3 is 6.09 Å². The number of alkyl carbamates (subject to hydrolysis) is 1. The van der Waals surface area contributed by atoms with Crippen LogP contribution in [-0.4, -0.2) is 31.4 Å². The molecule has 0 radical (unpaired) electrons. The van der Waals surface area contributed by atoms with Crippen LogP contribution in [0.3, 0.4) is 0 Å². The van der Waals surface area contributed by atoms with Crippen molar-refractivity contribution in [3.63, 3.8) is 0 Å². The highest BCUT2D eigenvalue weighted by Gasteiger charge is 2.29. The molecule has 2 aliphatic carbocycles. The molecule has 180 valence electrons. The van der Waals surface area contributed by atoms with Crippen molar-refractivity contribution < 1.29 is 14.3 Å². The Morgan fingerprint density at radius 1 is 0.914 bits per heavy atom. The van der Waals surface area contributed by atoms with Crippen LogP contribution < -0.4 is 15.4 Å². The van der Waals surface area contributed by atoms with Gasteiger partial charge in [0.25, 0.3) is 0 Å². The molecule has 0 saturated heterocycles. The predicted molar refractivity (Wildman–Crippen MR) is 138 cm³/mol. The van der Waals surface area contributed by atoms with Gasteiger partial charge in [-0.1, -0.05) is 67.8 Å². The van der Waals surface area contributed by atoms with Crippen molar-refractivity contribution in [3.8, 4) is 16.9 Å². The molecule has 35 heavy (non-hydrogen) atoms. The number of anilines is 1. The number of ether oxygens (including phenoxy) is 2. The first-order chi connectivity index (χ1) is 17.2. The van der Waals surface area contributed by atoms with Gasteiger partial charge in [-0.05, 0) is 58.9 Å². The fourth-order valence-corrected chi connectivity index (χ4v) is 5.85. The predicted octanol–water partition coefficient (Wildman–Crippen LogP) is 6.27. The van der Waals surface area contributed by atoms with Crippen molar-refractivity contribution in [3.05, 3.63) is 83.4 Å². The molecule has 1 amide bonds. The first-order valence-electron chi connectivity index (χ1n) is 12.9. The van der Waals surface area contributed by atoms with Crippen LogP contribution in [0.1, 0.15) is 54.7 Å². The summed E-state index contributed by atoms with van der Waals surface area (Å²) in [5.41, 5.74) is 7.26. The van der Waals surface area contributed by atoms with E-state index >= 15 is 0 Å². The van der Waals surface area contributed by atoms with Crippen molar-refractivity contribution >= 4 is 11.8 Å². The zero-order valence-corrected chi connectivity index (χ0v) is 20.0. The van der Waals surface area contributed by atoms with Crippen LogP contribution >= 0.6 is 0 Å². The fourth-order valence-electron chi connectivity index (χ4n) is 5.85. The summed E-state index contributed by atoms with van der Waals surface area (Å²) >= 11 is 0. The highest BCUT2D eigenvalue weighted by molar-refractivity contribution is 5.79. The molecule has 0 bridgehead atoms. The first-order valence-corrected chi connectivity index (χ1v) is 12.9. The number of carbonyl (C=O) groups is 1. The van der Waals surface area contributed by atoms with E-state index in [-0.39, 0.29) is 12.0 Å². The van der Waals surface area contributed by atoms with E-state index in [1.165, 1.54) is 65.6 Å². The number of hydrogen-bond acceptors (Lipinski definition) is 4. The number of benzene rings is 3. The normalized spacial score (nSPS) is 18.8. The van der Waals surface area contributed by atoms with E-state index in [1.807, 2.05) is 18.2 Å². The minimum atomic E-state index is -0.397. The molecule has 1 saturated carbocycles. The molecule has 0 aromatic heterocycles. The maximum absolute atomic E-state index is 12.5. The van der Waals surface area contributed by atoms with Gasteiger partial charge < -0.3 is 20.1 Å². The van der Waals surface area contributed by atoms with Gasteiger partial charge in [0, 0.05) is 24.1 Å². The molecule has 6 rings (SSSR count). The number of carbonyl (C=O) groups excluding carboxylic acids is 1. The smallest absolute Gasteiger partial charge is 0.407 e. The largest absolute Gasteiger partial charge is 0.488 e. The van der Waals surface area contributed by atoms with Gasteiger partial charge in [-0.15, -0.1) is 0 Å². The van der Waals surface area contributed by atoms with Crippen molar-refractivity contribution in [2.45, 2.75) is 56.6 Å². The number of amides is 1. The highest BCUT2D eigenvalue weighted by atomic mass is 16.5. The SMILES string of the molecule is O=C(NCC1Cc2cc(NC3CCCCC3)ccc2O1)OCC1c2ccccc2-c2ccccc21. The molecule has 1 aliphatic heterocycles. The summed E-state index contributed by atoms with van der Waals surface area (Å²) in [7, 11) is 0. The first kappa shape index (κ1) is 22.0. The number of hydrogen-bond donors (Lipinski definition) is 2. The molecule has 3 aliphatic rings. The number of fused-ring (bicyclic) bond motifs is 4. The lowest BCUT2D eigenvalue weighted by Gasteiger charge is -2.24. The van der Waals surface area contributed by atoms with E-state index in [0.717, 1.165) is 12.2 Å². The van der Waals surface area contributed by atoms with Crippen LogP contribution in [0.15, 0.2) is 66.7 Å². The van der Waals surface area contributed by atoms with Crippen LogP contribution in [0.4, 0.5) is 10.5 Å². The summed E-state index contributed by atoms with van der Waals surface area (Å²) in [6, 6.07) is 23.7. The third-order valence-corrected chi connectivity index (χ3v) is 7.60. The van der Waals surface area contributed by atoms with Crippen molar-refractivity contribution in [1.29, 1.82) is 0 Å². The van der Waals surface area contributed by atoms with Crippen molar-refractivity contribution in [2.24, 2.45) is 0 Å². The number of nitrogens with one attached hydrogen (secondary N) is 2. The van der Waals surface area contributed by atoms with E-state index in [4.69, 9.17) is 9.47 Å². The summed E-state index contributed by atoms with van der Waals surface area (Å²) in [6.45, 7) is 0.749. The second-order valence-corrected chi connectivity index (χ2v) is 9.95. The van der Waals surface area contributed by atoms with Crippen LogP contribution in [0.5, 0.6) is 5.75 Å². The van der Waals surface area contributed by atoms with Gasteiger partial charge in [-0.25, -0.2) is 4.79 Å². The average molecular weight is 469 g/mol. The van der Waals surface area contributed by atoms with Gasteiger partial charge in [-0.3, -0.25) is 0 Å². The standard InChI is InChI=1S/C30H32N2O3/c33-30(34-19-28-26-12-6-4-10-24(26)25-11-5-7-13-27(25)28)31-18-23-17-20-16-22(14-15-29(20)35-23)32-21-8-2-1-3-9-21/h4-7,10-16,21,23,28,32H,1-3,8-9,17-19H2,(H,31,33).